The minimum atomic E-state index is 0.0911. The van der Waals surface area contributed by atoms with E-state index in [2.05, 4.69) is 4.98 Å². The first-order chi connectivity index (χ1) is 9.65. The summed E-state index contributed by atoms with van der Waals surface area (Å²) >= 11 is 7.47. The molecule has 3 nitrogen and oxygen atoms in total. The van der Waals surface area contributed by atoms with Gasteiger partial charge >= 0.3 is 0 Å². The smallest absolute Gasteiger partial charge is 0.171 e. The molecule has 1 aliphatic rings. The molecule has 1 saturated carbocycles. The van der Waals surface area contributed by atoms with Gasteiger partial charge in [0.05, 0.1) is 15.6 Å². The highest BCUT2D eigenvalue weighted by Gasteiger charge is 2.31. The van der Waals surface area contributed by atoms with Crippen molar-refractivity contribution >= 4 is 28.7 Å². The van der Waals surface area contributed by atoms with Crippen LogP contribution >= 0.6 is 22.9 Å². The van der Waals surface area contributed by atoms with Gasteiger partial charge < -0.3 is 4.74 Å². The van der Waals surface area contributed by atoms with Crippen LogP contribution in [0.5, 0.6) is 5.75 Å². The number of thiazole rings is 1. The maximum absolute atomic E-state index is 11.6. The molecule has 1 aromatic carbocycles. The van der Waals surface area contributed by atoms with Crippen LogP contribution < -0.4 is 4.74 Å². The van der Waals surface area contributed by atoms with E-state index in [1.807, 2.05) is 18.2 Å². The number of nitrogens with zero attached hydrogens (tertiary/aromatic N) is 1. The molecule has 20 heavy (non-hydrogen) atoms. The molecule has 104 valence electrons. The van der Waals surface area contributed by atoms with Crippen LogP contribution in [0.4, 0.5) is 0 Å². The number of aromatic nitrogens is 1. The number of para-hydroxylation sites is 1. The minimum absolute atomic E-state index is 0.0911. The molecule has 0 atom stereocenters. The summed E-state index contributed by atoms with van der Waals surface area (Å²) in [5, 5.41) is 1.41. The first-order valence-electron chi connectivity index (χ1n) is 6.53. The Morgan fingerprint density at radius 3 is 2.85 bits per heavy atom. The van der Waals surface area contributed by atoms with Gasteiger partial charge in [-0.1, -0.05) is 23.7 Å². The molecule has 1 aromatic heterocycles. The number of ether oxygens (including phenoxy) is 1. The van der Waals surface area contributed by atoms with Crippen molar-refractivity contribution in [2.75, 3.05) is 0 Å². The fraction of sp³-hybridized carbons (Fsp3) is 0.333. The molecule has 1 aliphatic carbocycles. The Kier molecular flexibility index (Phi) is 3.76. The van der Waals surface area contributed by atoms with Gasteiger partial charge in [0.1, 0.15) is 17.4 Å². The Bertz CT molecular complexity index is 649. The van der Waals surface area contributed by atoms with E-state index in [1.54, 1.807) is 13.0 Å². The fourth-order valence-corrected chi connectivity index (χ4v) is 3.18. The summed E-state index contributed by atoms with van der Waals surface area (Å²) in [5.74, 6) is 1.20. The summed E-state index contributed by atoms with van der Waals surface area (Å²) in [6.45, 7) is 1.94. The van der Waals surface area contributed by atoms with E-state index in [0.717, 1.165) is 28.4 Å². The lowest BCUT2D eigenvalue weighted by Crippen LogP contribution is -1.96. The summed E-state index contributed by atoms with van der Waals surface area (Å²) < 4.78 is 5.68. The molecule has 5 heteroatoms. The van der Waals surface area contributed by atoms with E-state index in [0.29, 0.717) is 23.3 Å². The van der Waals surface area contributed by atoms with Crippen molar-refractivity contribution in [3.8, 4) is 5.75 Å². The van der Waals surface area contributed by atoms with E-state index >= 15 is 0 Å². The third kappa shape index (κ3) is 2.86. The summed E-state index contributed by atoms with van der Waals surface area (Å²) in [7, 11) is 0. The topological polar surface area (TPSA) is 39.2 Å². The van der Waals surface area contributed by atoms with Crippen LogP contribution in [0.2, 0.25) is 5.02 Å². The highest BCUT2D eigenvalue weighted by molar-refractivity contribution is 7.13. The van der Waals surface area contributed by atoms with Crippen LogP contribution in [0, 0.1) is 0 Å². The Balaban J connectivity index is 1.76. The molecule has 0 unspecified atom stereocenters. The van der Waals surface area contributed by atoms with Crippen molar-refractivity contribution in [1.29, 1.82) is 0 Å². The van der Waals surface area contributed by atoms with Gasteiger partial charge in [-0.3, -0.25) is 4.79 Å². The lowest BCUT2D eigenvalue weighted by atomic mass is 10.2. The summed E-state index contributed by atoms with van der Waals surface area (Å²) in [4.78, 5) is 17.0. The molecule has 0 saturated heterocycles. The van der Waals surface area contributed by atoms with Crippen LogP contribution in [-0.2, 0) is 6.61 Å². The van der Waals surface area contributed by atoms with Crippen molar-refractivity contribution in [2.45, 2.75) is 32.3 Å². The van der Waals surface area contributed by atoms with Crippen molar-refractivity contribution < 1.29 is 9.53 Å². The van der Waals surface area contributed by atoms with Crippen molar-refractivity contribution in [2.24, 2.45) is 0 Å². The molecule has 0 bridgehead atoms. The van der Waals surface area contributed by atoms with Crippen LogP contribution in [0.15, 0.2) is 24.3 Å². The second-order valence-corrected chi connectivity index (χ2v) is 6.36. The standard InChI is InChI=1S/C15H14ClNO2S/c1-9(18)15-14(10-6-7-10)17-13(20-15)8-19-12-5-3-2-4-11(12)16/h2-5,10H,6-8H2,1H3. The lowest BCUT2D eigenvalue weighted by Gasteiger charge is -2.05. The zero-order valence-electron chi connectivity index (χ0n) is 11.1. The van der Waals surface area contributed by atoms with Crippen LogP contribution in [0.3, 0.4) is 0 Å². The molecule has 0 N–H and O–H groups in total. The number of ketones is 1. The Morgan fingerprint density at radius 2 is 2.20 bits per heavy atom. The van der Waals surface area contributed by atoms with E-state index in [9.17, 15) is 4.79 Å². The Labute approximate surface area is 126 Å². The van der Waals surface area contributed by atoms with Crippen molar-refractivity contribution in [3.05, 3.63) is 44.9 Å². The van der Waals surface area contributed by atoms with Gasteiger partial charge in [-0.25, -0.2) is 4.98 Å². The average molecular weight is 308 g/mol. The van der Waals surface area contributed by atoms with Gasteiger partial charge in [0.2, 0.25) is 0 Å². The summed E-state index contributed by atoms with van der Waals surface area (Å²) in [6.07, 6.45) is 2.27. The predicted molar refractivity (Wildman–Crippen MR) is 79.9 cm³/mol. The monoisotopic (exact) mass is 307 g/mol. The molecule has 2 aromatic rings. The van der Waals surface area contributed by atoms with Gasteiger partial charge in [-0.15, -0.1) is 11.3 Å². The van der Waals surface area contributed by atoms with Gasteiger partial charge in [0.25, 0.3) is 0 Å². The largest absolute Gasteiger partial charge is 0.485 e. The first kappa shape index (κ1) is 13.6. The zero-order valence-corrected chi connectivity index (χ0v) is 12.6. The number of carbonyl (C=O) groups is 1. The van der Waals surface area contributed by atoms with Crippen LogP contribution in [0.1, 0.15) is 46.1 Å². The highest BCUT2D eigenvalue weighted by atomic mass is 35.5. The summed E-state index contributed by atoms with van der Waals surface area (Å²) in [6, 6.07) is 7.34. The fourth-order valence-electron chi connectivity index (χ4n) is 2.03. The van der Waals surface area contributed by atoms with Gasteiger partial charge in [-0.2, -0.15) is 0 Å². The van der Waals surface area contributed by atoms with Gasteiger partial charge in [-0.05, 0) is 25.0 Å². The van der Waals surface area contributed by atoms with Gasteiger partial charge in [0, 0.05) is 12.8 Å². The van der Waals surface area contributed by atoms with Crippen LogP contribution in [-0.4, -0.2) is 10.8 Å². The van der Waals surface area contributed by atoms with E-state index in [-0.39, 0.29) is 5.78 Å². The van der Waals surface area contributed by atoms with E-state index in [4.69, 9.17) is 16.3 Å². The Morgan fingerprint density at radius 1 is 1.45 bits per heavy atom. The van der Waals surface area contributed by atoms with E-state index < -0.39 is 0 Å². The Hall–Kier alpha value is -1.39. The highest BCUT2D eigenvalue weighted by Crippen LogP contribution is 2.42. The molecule has 0 radical (unpaired) electrons. The van der Waals surface area contributed by atoms with Crippen molar-refractivity contribution in [3.63, 3.8) is 0 Å². The number of carbonyl (C=O) groups excluding carboxylic acids is 1. The predicted octanol–water partition coefficient (Wildman–Crippen LogP) is 4.46. The summed E-state index contributed by atoms with van der Waals surface area (Å²) in [5.41, 5.74) is 0.959. The maximum Gasteiger partial charge on any atom is 0.171 e. The molecule has 0 aliphatic heterocycles. The van der Waals surface area contributed by atoms with Crippen LogP contribution in [0.25, 0.3) is 0 Å². The molecular formula is C15H14ClNO2S. The molecule has 0 amide bonds. The third-order valence-electron chi connectivity index (χ3n) is 3.17. The molecule has 1 fully saturated rings. The molecule has 3 rings (SSSR count). The SMILES string of the molecule is CC(=O)c1sc(COc2ccccc2Cl)nc1C1CC1. The normalized spacial score (nSPS) is 14.3. The first-order valence-corrected chi connectivity index (χ1v) is 7.72. The minimum Gasteiger partial charge on any atom is -0.485 e. The molecule has 0 spiro atoms. The number of benzene rings is 1. The second-order valence-electron chi connectivity index (χ2n) is 4.87. The van der Waals surface area contributed by atoms with Gasteiger partial charge in [0.15, 0.2) is 5.78 Å². The average Bonchev–Trinajstić information content (AvgIpc) is 3.18. The number of hydrogen-bond acceptors (Lipinski definition) is 4. The van der Waals surface area contributed by atoms with Crippen molar-refractivity contribution in [1.82, 2.24) is 4.98 Å². The maximum atomic E-state index is 11.6. The number of hydrogen-bond donors (Lipinski definition) is 0. The van der Waals surface area contributed by atoms with E-state index in [1.165, 1.54) is 11.3 Å². The molecular weight excluding hydrogens is 294 g/mol. The zero-order chi connectivity index (χ0) is 14.1. The number of halogens is 1. The quantitative estimate of drug-likeness (QED) is 0.766. The number of Topliss-reactive ketones (excluding diaryl/α,β-unsaturated/α-hetero) is 1. The third-order valence-corrected chi connectivity index (χ3v) is 4.63. The lowest BCUT2D eigenvalue weighted by molar-refractivity contribution is 0.102. The second kappa shape index (κ2) is 5.54. The molecule has 1 heterocycles. The number of rotatable bonds is 5.